The molecule has 4 aromatic rings. The number of hydrogen-bond acceptors (Lipinski definition) is 4. The Bertz CT molecular complexity index is 1410. The van der Waals surface area contributed by atoms with Crippen LogP contribution in [0, 0.1) is 11.7 Å². The van der Waals surface area contributed by atoms with Gasteiger partial charge in [0.05, 0.1) is 24.7 Å². The summed E-state index contributed by atoms with van der Waals surface area (Å²) in [6, 6.07) is 16.7. The van der Waals surface area contributed by atoms with Crippen molar-refractivity contribution >= 4 is 28.4 Å². The maximum Gasteiger partial charge on any atom is 0.165 e. The van der Waals surface area contributed by atoms with Crippen LogP contribution in [0.1, 0.15) is 25.8 Å². The lowest BCUT2D eigenvalue weighted by Crippen LogP contribution is -2.13. The molecule has 4 rings (SSSR count). The van der Waals surface area contributed by atoms with Gasteiger partial charge in [-0.15, -0.1) is 0 Å². The van der Waals surface area contributed by atoms with Crippen LogP contribution in [-0.4, -0.2) is 41.4 Å². The lowest BCUT2D eigenvalue weighted by Gasteiger charge is -2.12. The third kappa shape index (κ3) is 5.77. The van der Waals surface area contributed by atoms with Gasteiger partial charge in [-0.05, 0) is 85.2 Å². The smallest absolute Gasteiger partial charge is 0.165 e. The molecule has 0 atom stereocenters. The quantitative estimate of drug-likeness (QED) is 0.248. The molecule has 7 heteroatoms. The molecule has 0 aliphatic rings. The fourth-order valence-electron chi connectivity index (χ4n) is 4.46. The van der Waals surface area contributed by atoms with Gasteiger partial charge in [-0.25, -0.2) is 9.37 Å². The SMILES string of the molecule is COc1cc(-c2nc3cc(-c4cc(Cl)cc(CN(C)C)c4)ccc3n2CC(=O)CC(C)C)ccc1F. The van der Waals surface area contributed by atoms with E-state index in [0.717, 1.165) is 34.3 Å². The molecule has 0 saturated carbocycles. The highest BCUT2D eigenvalue weighted by Gasteiger charge is 2.18. The number of imidazole rings is 1. The molecule has 0 saturated heterocycles. The molecule has 188 valence electrons. The second kappa shape index (κ2) is 10.8. The normalized spacial score (nSPS) is 11.6. The molecular formula is C29H31ClFN3O2. The summed E-state index contributed by atoms with van der Waals surface area (Å²) in [5.41, 5.74) is 5.36. The fraction of sp³-hybridized carbons (Fsp3) is 0.310. The minimum Gasteiger partial charge on any atom is -0.494 e. The van der Waals surface area contributed by atoms with Crippen molar-refractivity contribution in [2.75, 3.05) is 21.2 Å². The first-order valence-corrected chi connectivity index (χ1v) is 12.3. The number of fused-ring (bicyclic) bond motifs is 1. The van der Waals surface area contributed by atoms with Gasteiger partial charge in [0.1, 0.15) is 5.82 Å². The average Bonchev–Trinajstić information content (AvgIpc) is 3.15. The van der Waals surface area contributed by atoms with Gasteiger partial charge in [-0.3, -0.25) is 4.79 Å². The van der Waals surface area contributed by atoms with Gasteiger partial charge in [-0.2, -0.15) is 0 Å². The van der Waals surface area contributed by atoms with E-state index >= 15 is 0 Å². The Morgan fingerprint density at radius 3 is 2.50 bits per heavy atom. The summed E-state index contributed by atoms with van der Waals surface area (Å²) in [5.74, 6) is 0.653. The van der Waals surface area contributed by atoms with Gasteiger partial charge in [0.15, 0.2) is 17.3 Å². The molecule has 0 aliphatic heterocycles. The number of ether oxygens (including phenoxy) is 1. The third-order valence-electron chi connectivity index (χ3n) is 5.92. The van der Waals surface area contributed by atoms with E-state index in [-0.39, 0.29) is 24.0 Å². The zero-order chi connectivity index (χ0) is 26.0. The minimum absolute atomic E-state index is 0.117. The van der Waals surface area contributed by atoms with E-state index in [4.69, 9.17) is 21.3 Å². The molecule has 0 radical (unpaired) electrons. The van der Waals surface area contributed by atoms with E-state index in [1.807, 2.05) is 62.8 Å². The number of rotatable bonds is 9. The zero-order valence-electron chi connectivity index (χ0n) is 21.3. The van der Waals surface area contributed by atoms with Gasteiger partial charge in [0.25, 0.3) is 0 Å². The Kier molecular flexibility index (Phi) is 7.76. The summed E-state index contributed by atoms with van der Waals surface area (Å²) in [5, 5.41) is 0.674. The first kappa shape index (κ1) is 25.9. The van der Waals surface area contributed by atoms with E-state index in [1.54, 1.807) is 12.1 Å². The third-order valence-corrected chi connectivity index (χ3v) is 6.14. The standard InChI is InChI=1S/C29H31ClFN3O2/c1-18(2)10-24(35)17-34-27-9-7-20(22-11-19(16-33(3)4)12-23(30)13-22)14-26(27)32-29(34)21-6-8-25(31)28(15-21)36-5/h6-9,11-15,18H,10,16-17H2,1-5H3. The first-order valence-electron chi connectivity index (χ1n) is 11.9. The number of carbonyl (C=O) groups is 1. The summed E-state index contributed by atoms with van der Waals surface area (Å²) in [7, 11) is 5.47. The van der Waals surface area contributed by atoms with Crippen LogP contribution >= 0.6 is 11.6 Å². The predicted octanol–water partition coefficient (Wildman–Crippen LogP) is 6.85. The van der Waals surface area contributed by atoms with Gasteiger partial charge < -0.3 is 14.2 Å². The van der Waals surface area contributed by atoms with Crippen molar-refractivity contribution in [1.82, 2.24) is 14.5 Å². The molecule has 0 amide bonds. The lowest BCUT2D eigenvalue weighted by molar-refractivity contribution is -0.120. The molecule has 36 heavy (non-hydrogen) atoms. The van der Waals surface area contributed by atoms with E-state index in [9.17, 15) is 9.18 Å². The van der Waals surface area contributed by atoms with Crippen molar-refractivity contribution in [3.63, 3.8) is 0 Å². The largest absolute Gasteiger partial charge is 0.494 e. The number of ketones is 1. The molecule has 0 bridgehead atoms. The molecule has 0 N–H and O–H groups in total. The summed E-state index contributed by atoms with van der Waals surface area (Å²) in [6.07, 6.45) is 0.473. The summed E-state index contributed by atoms with van der Waals surface area (Å²) < 4.78 is 21.2. The number of hydrogen-bond donors (Lipinski definition) is 0. The number of methoxy groups -OCH3 is 1. The van der Waals surface area contributed by atoms with E-state index in [1.165, 1.54) is 13.2 Å². The van der Waals surface area contributed by atoms with E-state index < -0.39 is 5.82 Å². The molecule has 0 fully saturated rings. The molecule has 1 aromatic heterocycles. The van der Waals surface area contributed by atoms with Crippen LogP contribution in [0.5, 0.6) is 5.75 Å². The van der Waals surface area contributed by atoms with Gasteiger partial charge in [0.2, 0.25) is 0 Å². The number of carbonyl (C=O) groups excluding carboxylic acids is 1. The Hall–Kier alpha value is -3.22. The van der Waals surface area contributed by atoms with Crippen molar-refractivity contribution in [2.24, 2.45) is 5.92 Å². The fourth-order valence-corrected chi connectivity index (χ4v) is 4.72. The van der Waals surface area contributed by atoms with Crippen LogP contribution in [-0.2, 0) is 17.9 Å². The van der Waals surface area contributed by atoms with Crippen LogP contribution in [0.25, 0.3) is 33.5 Å². The monoisotopic (exact) mass is 507 g/mol. The Labute approximate surface area is 216 Å². The van der Waals surface area contributed by atoms with Crippen molar-refractivity contribution in [3.8, 4) is 28.3 Å². The average molecular weight is 508 g/mol. The molecule has 3 aromatic carbocycles. The summed E-state index contributed by atoms with van der Waals surface area (Å²) in [6.45, 7) is 5.02. The summed E-state index contributed by atoms with van der Waals surface area (Å²) >= 11 is 6.43. The highest BCUT2D eigenvalue weighted by Crippen LogP contribution is 2.32. The Morgan fingerprint density at radius 2 is 1.81 bits per heavy atom. The van der Waals surface area contributed by atoms with Crippen molar-refractivity contribution in [1.29, 1.82) is 0 Å². The van der Waals surface area contributed by atoms with Gasteiger partial charge >= 0.3 is 0 Å². The second-order valence-corrected chi connectivity index (χ2v) is 10.2. The zero-order valence-corrected chi connectivity index (χ0v) is 22.1. The van der Waals surface area contributed by atoms with Crippen molar-refractivity contribution in [2.45, 2.75) is 33.4 Å². The number of halogens is 2. The molecule has 5 nitrogen and oxygen atoms in total. The van der Waals surface area contributed by atoms with Crippen molar-refractivity contribution in [3.05, 3.63) is 71.0 Å². The molecule has 0 aliphatic carbocycles. The van der Waals surface area contributed by atoms with E-state index in [0.29, 0.717) is 22.8 Å². The molecule has 0 spiro atoms. The molecule has 1 heterocycles. The number of aromatic nitrogens is 2. The number of nitrogens with zero attached hydrogens (tertiary/aromatic N) is 3. The highest BCUT2D eigenvalue weighted by atomic mass is 35.5. The van der Waals surface area contributed by atoms with Crippen LogP contribution in [0.15, 0.2) is 54.6 Å². The molecule has 0 unspecified atom stereocenters. The van der Waals surface area contributed by atoms with Crippen LogP contribution in [0.4, 0.5) is 4.39 Å². The van der Waals surface area contributed by atoms with Gasteiger partial charge in [-0.1, -0.05) is 31.5 Å². The van der Waals surface area contributed by atoms with Crippen molar-refractivity contribution < 1.29 is 13.9 Å². The van der Waals surface area contributed by atoms with Crippen LogP contribution < -0.4 is 4.74 Å². The second-order valence-electron chi connectivity index (χ2n) is 9.80. The van der Waals surface area contributed by atoms with Crippen LogP contribution in [0.3, 0.4) is 0 Å². The first-order chi connectivity index (χ1) is 17.1. The van der Waals surface area contributed by atoms with E-state index in [2.05, 4.69) is 11.0 Å². The number of Topliss-reactive ketones (excluding diaryl/α,β-unsaturated/α-hetero) is 1. The highest BCUT2D eigenvalue weighted by molar-refractivity contribution is 6.31. The Morgan fingerprint density at radius 1 is 1.06 bits per heavy atom. The summed E-state index contributed by atoms with van der Waals surface area (Å²) in [4.78, 5) is 19.8. The van der Waals surface area contributed by atoms with Crippen LogP contribution in [0.2, 0.25) is 5.02 Å². The predicted molar refractivity (Wildman–Crippen MR) is 144 cm³/mol. The Balaban J connectivity index is 1.84. The maximum atomic E-state index is 14.1. The minimum atomic E-state index is -0.448. The topological polar surface area (TPSA) is 47.4 Å². The molecular weight excluding hydrogens is 477 g/mol. The van der Waals surface area contributed by atoms with Gasteiger partial charge in [0, 0.05) is 23.6 Å². The maximum absolute atomic E-state index is 14.1. The lowest BCUT2D eigenvalue weighted by atomic mass is 10.0. The number of benzene rings is 3.